The first kappa shape index (κ1) is 10.9. The van der Waals surface area contributed by atoms with Gasteiger partial charge in [-0.15, -0.1) is 0 Å². The summed E-state index contributed by atoms with van der Waals surface area (Å²) in [5, 5.41) is 10.2. The van der Waals surface area contributed by atoms with Crippen molar-refractivity contribution in [1.82, 2.24) is 0 Å². The number of aliphatic hydroxyl groups is 1. The van der Waals surface area contributed by atoms with Crippen LogP contribution >= 0.6 is 11.6 Å². The van der Waals surface area contributed by atoms with Gasteiger partial charge >= 0.3 is 0 Å². The summed E-state index contributed by atoms with van der Waals surface area (Å²) in [6.07, 6.45) is 2.12. The van der Waals surface area contributed by atoms with Crippen LogP contribution in [-0.2, 0) is 6.42 Å². The first-order valence-corrected chi connectivity index (χ1v) is 5.53. The van der Waals surface area contributed by atoms with Crippen molar-refractivity contribution >= 4 is 11.6 Å². The molecule has 3 heteroatoms. The molecule has 1 aliphatic carbocycles. The van der Waals surface area contributed by atoms with Crippen LogP contribution in [0.3, 0.4) is 0 Å². The van der Waals surface area contributed by atoms with Crippen LogP contribution in [0.5, 0.6) is 0 Å². The molecule has 0 aliphatic heterocycles. The van der Waals surface area contributed by atoms with E-state index in [0.29, 0.717) is 12.3 Å². The van der Waals surface area contributed by atoms with E-state index in [9.17, 15) is 9.50 Å². The summed E-state index contributed by atoms with van der Waals surface area (Å²) in [5.74, 6) is 0.164. The lowest BCUT2D eigenvalue weighted by Crippen LogP contribution is -2.44. The Bertz CT molecular complexity index is 372. The molecule has 82 valence electrons. The van der Waals surface area contributed by atoms with Gasteiger partial charge in [-0.1, -0.05) is 24.6 Å². The second-order valence-electron chi connectivity index (χ2n) is 4.66. The van der Waals surface area contributed by atoms with E-state index < -0.39 is 11.4 Å². The van der Waals surface area contributed by atoms with Crippen molar-refractivity contribution in [3.05, 3.63) is 34.6 Å². The van der Waals surface area contributed by atoms with Crippen LogP contribution in [0.4, 0.5) is 4.39 Å². The van der Waals surface area contributed by atoms with Gasteiger partial charge < -0.3 is 5.11 Å². The Kier molecular flexibility index (Phi) is 2.73. The summed E-state index contributed by atoms with van der Waals surface area (Å²) >= 11 is 5.59. The van der Waals surface area contributed by atoms with Crippen LogP contribution in [-0.4, -0.2) is 10.7 Å². The van der Waals surface area contributed by atoms with Gasteiger partial charge in [0.1, 0.15) is 5.82 Å². The molecule has 2 rings (SSSR count). The van der Waals surface area contributed by atoms with Gasteiger partial charge in [0, 0.05) is 6.42 Å². The van der Waals surface area contributed by atoms with E-state index in [-0.39, 0.29) is 5.02 Å². The summed E-state index contributed by atoms with van der Waals surface area (Å²) < 4.78 is 13.1. The second kappa shape index (κ2) is 3.76. The van der Waals surface area contributed by atoms with E-state index >= 15 is 0 Å². The van der Waals surface area contributed by atoms with Crippen molar-refractivity contribution in [3.63, 3.8) is 0 Å². The van der Waals surface area contributed by atoms with Gasteiger partial charge in [0.15, 0.2) is 0 Å². The summed E-state index contributed by atoms with van der Waals surface area (Å²) in [6.45, 7) is 2.11. The zero-order valence-corrected chi connectivity index (χ0v) is 9.39. The third-order valence-electron chi connectivity index (χ3n) is 2.97. The SMILES string of the molecule is CC1CC(O)(Cc2ccc(Cl)c(F)c2)C1. The summed E-state index contributed by atoms with van der Waals surface area (Å²) in [4.78, 5) is 0. The highest BCUT2D eigenvalue weighted by atomic mass is 35.5. The highest BCUT2D eigenvalue weighted by Crippen LogP contribution is 2.39. The quantitative estimate of drug-likeness (QED) is 0.824. The number of benzene rings is 1. The van der Waals surface area contributed by atoms with Gasteiger partial charge in [-0.3, -0.25) is 0 Å². The maximum atomic E-state index is 13.1. The molecule has 0 bridgehead atoms. The van der Waals surface area contributed by atoms with E-state index in [1.54, 1.807) is 6.07 Å². The van der Waals surface area contributed by atoms with Crippen LogP contribution in [0.15, 0.2) is 18.2 Å². The Labute approximate surface area is 93.9 Å². The number of halogens is 2. The van der Waals surface area contributed by atoms with Gasteiger partial charge in [-0.25, -0.2) is 4.39 Å². The van der Waals surface area contributed by atoms with Crippen LogP contribution in [0.1, 0.15) is 25.3 Å². The smallest absolute Gasteiger partial charge is 0.142 e. The second-order valence-corrected chi connectivity index (χ2v) is 5.07. The van der Waals surface area contributed by atoms with E-state index in [2.05, 4.69) is 6.92 Å². The standard InChI is InChI=1S/C12H14ClFO/c1-8-5-12(15,6-8)7-9-2-3-10(13)11(14)4-9/h2-4,8,15H,5-7H2,1H3. The molecule has 0 saturated heterocycles. The Morgan fingerprint density at radius 2 is 2.20 bits per heavy atom. The van der Waals surface area contributed by atoms with Crippen molar-refractivity contribution in [3.8, 4) is 0 Å². The van der Waals surface area contributed by atoms with Gasteiger partial charge in [0.25, 0.3) is 0 Å². The fraction of sp³-hybridized carbons (Fsp3) is 0.500. The maximum absolute atomic E-state index is 13.1. The average Bonchev–Trinajstić information content (AvgIpc) is 2.09. The molecule has 0 amide bonds. The molecule has 1 N–H and O–H groups in total. The molecule has 1 nitrogen and oxygen atoms in total. The molecule has 1 saturated carbocycles. The van der Waals surface area contributed by atoms with Crippen molar-refractivity contribution in [2.24, 2.45) is 5.92 Å². The molecular weight excluding hydrogens is 215 g/mol. The third-order valence-corrected chi connectivity index (χ3v) is 3.28. The Hall–Kier alpha value is -0.600. The van der Waals surface area contributed by atoms with E-state index in [1.807, 2.05) is 0 Å². The minimum atomic E-state index is -0.625. The van der Waals surface area contributed by atoms with Crippen LogP contribution in [0, 0.1) is 11.7 Å². The third kappa shape index (κ3) is 2.32. The topological polar surface area (TPSA) is 20.2 Å². The molecule has 1 aromatic rings. The molecule has 0 radical (unpaired) electrons. The maximum Gasteiger partial charge on any atom is 0.142 e. The van der Waals surface area contributed by atoms with Crippen LogP contribution in [0.25, 0.3) is 0 Å². The fourth-order valence-electron chi connectivity index (χ4n) is 2.41. The summed E-state index contributed by atoms with van der Waals surface area (Å²) in [7, 11) is 0. The highest BCUT2D eigenvalue weighted by Gasteiger charge is 2.39. The minimum absolute atomic E-state index is 0.132. The van der Waals surface area contributed by atoms with Crippen molar-refractivity contribution in [1.29, 1.82) is 0 Å². The molecule has 0 aromatic heterocycles. The van der Waals surface area contributed by atoms with Gasteiger partial charge in [0.05, 0.1) is 10.6 Å². The molecule has 0 spiro atoms. The minimum Gasteiger partial charge on any atom is -0.390 e. The lowest BCUT2D eigenvalue weighted by molar-refractivity contribution is -0.0666. The summed E-state index contributed by atoms with van der Waals surface area (Å²) in [6, 6.07) is 4.72. The average molecular weight is 229 g/mol. The fourth-order valence-corrected chi connectivity index (χ4v) is 2.53. The highest BCUT2D eigenvalue weighted by molar-refractivity contribution is 6.30. The van der Waals surface area contributed by atoms with Gasteiger partial charge in [-0.2, -0.15) is 0 Å². The molecule has 1 fully saturated rings. The molecule has 0 atom stereocenters. The zero-order chi connectivity index (χ0) is 11.1. The number of hydrogen-bond donors (Lipinski definition) is 1. The van der Waals surface area contributed by atoms with Crippen molar-refractivity contribution in [2.45, 2.75) is 31.8 Å². The molecule has 1 aromatic carbocycles. The zero-order valence-electron chi connectivity index (χ0n) is 8.63. The molecule has 15 heavy (non-hydrogen) atoms. The predicted molar refractivity (Wildman–Crippen MR) is 58.5 cm³/mol. The molecule has 0 heterocycles. The normalized spacial score (nSPS) is 30.0. The Balaban J connectivity index is 2.08. The molecular formula is C12H14ClFO. The Morgan fingerprint density at radius 1 is 1.53 bits per heavy atom. The van der Waals surface area contributed by atoms with E-state index in [1.165, 1.54) is 12.1 Å². The summed E-state index contributed by atoms with van der Waals surface area (Å²) in [5.41, 5.74) is 0.186. The number of rotatable bonds is 2. The Morgan fingerprint density at radius 3 is 2.73 bits per heavy atom. The van der Waals surface area contributed by atoms with Crippen molar-refractivity contribution in [2.75, 3.05) is 0 Å². The lowest BCUT2D eigenvalue weighted by Gasteiger charge is -2.42. The lowest BCUT2D eigenvalue weighted by atomic mass is 9.69. The number of hydrogen-bond acceptors (Lipinski definition) is 1. The van der Waals surface area contributed by atoms with Crippen LogP contribution < -0.4 is 0 Å². The molecule has 0 unspecified atom stereocenters. The van der Waals surface area contributed by atoms with Gasteiger partial charge in [-0.05, 0) is 36.5 Å². The first-order chi connectivity index (χ1) is 6.98. The van der Waals surface area contributed by atoms with Crippen LogP contribution in [0.2, 0.25) is 5.02 Å². The monoisotopic (exact) mass is 228 g/mol. The van der Waals surface area contributed by atoms with E-state index in [4.69, 9.17) is 11.6 Å². The predicted octanol–water partition coefficient (Wildman–Crippen LogP) is 3.18. The first-order valence-electron chi connectivity index (χ1n) is 5.15. The molecule has 1 aliphatic rings. The van der Waals surface area contributed by atoms with Crippen molar-refractivity contribution < 1.29 is 9.50 Å². The largest absolute Gasteiger partial charge is 0.390 e. The van der Waals surface area contributed by atoms with E-state index in [0.717, 1.165) is 18.4 Å². The van der Waals surface area contributed by atoms with Gasteiger partial charge in [0.2, 0.25) is 0 Å².